The molecule has 36 heavy (non-hydrogen) atoms. The molecule has 1 aromatic heterocycles. The van der Waals surface area contributed by atoms with E-state index >= 15 is 0 Å². The summed E-state index contributed by atoms with van der Waals surface area (Å²) >= 11 is 0. The summed E-state index contributed by atoms with van der Waals surface area (Å²) in [4.78, 5) is 54.5. The largest absolute Gasteiger partial charge is 0.463 e. The van der Waals surface area contributed by atoms with Crippen LogP contribution in [-0.2, 0) is 35.1 Å². The van der Waals surface area contributed by atoms with Gasteiger partial charge in [0.1, 0.15) is 12.6 Å². The summed E-state index contributed by atoms with van der Waals surface area (Å²) in [5.41, 5.74) is 5.86. The van der Waals surface area contributed by atoms with Gasteiger partial charge in [-0.15, -0.1) is 0 Å². The number of aromatic nitrogens is 2. The van der Waals surface area contributed by atoms with Gasteiger partial charge in [0.25, 0.3) is 0 Å². The van der Waals surface area contributed by atoms with Gasteiger partial charge in [0.2, 0.25) is 17.7 Å². The molecule has 0 aliphatic heterocycles. The maximum Gasteiger partial charge on any atom is 0.305 e. The van der Waals surface area contributed by atoms with E-state index in [4.69, 9.17) is 15.2 Å². The van der Waals surface area contributed by atoms with E-state index in [1.165, 1.54) is 32.0 Å². The number of unbranched alkanes of at least 4 members (excludes halogenated alkanes) is 6. The Morgan fingerprint density at radius 1 is 1.00 bits per heavy atom. The summed E-state index contributed by atoms with van der Waals surface area (Å²) in [5.74, 6) is -1.63. The fourth-order valence-corrected chi connectivity index (χ4v) is 3.31. The Balaban J connectivity index is 2.19. The van der Waals surface area contributed by atoms with Crippen molar-refractivity contribution in [3.63, 3.8) is 0 Å². The third-order valence-electron chi connectivity index (χ3n) is 5.28. The van der Waals surface area contributed by atoms with Crippen molar-refractivity contribution in [1.29, 1.82) is 0 Å². The number of nitrogens with one attached hydrogen (secondary N) is 4. The molecular weight excluding hydrogens is 468 g/mol. The van der Waals surface area contributed by atoms with Crippen molar-refractivity contribution in [3.05, 3.63) is 18.2 Å². The van der Waals surface area contributed by atoms with E-state index in [1.54, 1.807) is 6.20 Å². The van der Waals surface area contributed by atoms with Gasteiger partial charge in [-0.1, -0.05) is 45.4 Å². The molecule has 204 valence electrons. The van der Waals surface area contributed by atoms with Crippen LogP contribution in [0.15, 0.2) is 12.5 Å². The van der Waals surface area contributed by atoms with Crippen LogP contribution in [0, 0.1) is 0 Å². The van der Waals surface area contributed by atoms with E-state index in [0.29, 0.717) is 12.1 Å². The van der Waals surface area contributed by atoms with E-state index in [2.05, 4.69) is 32.8 Å². The monoisotopic (exact) mass is 510 g/mol. The second-order valence-corrected chi connectivity index (χ2v) is 8.38. The van der Waals surface area contributed by atoms with Gasteiger partial charge in [0.15, 0.2) is 0 Å². The number of H-pyrrole nitrogens is 1. The number of imidazole rings is 1. The van der Waals surface area contributed by atoms with Crippen molar-refractivity contribution in [1.82, 2.24) is 25.9 Å². The molecule has 3 amide bonds. The molecule has 1 heterocycles. The molecule has 0 aliphatic rings. The number of carbonyl (C=O) groups excluding carboxylic acids is 4. The first-order valence-electron chi connectivity index (χ1n) is 12.7. The summed E-state index contributed by atoms with van der Waals surface area (Å²) < 4.78 is 10.6. The minimum absolute atomic E-state index is 0.163. The molecule has 0 unspecified atom stereocenters. The zero-order valence-electron chi connectivity index (χ0n) is 21.3. The van der Waals surface area contributed by atoms with Gasteiger partial charge in [-0.05, 0) is 6.42 Å². The molecule has 1 atom stereocenters. The second kappa shape index (κ2) is 20.2. The number of rotatable bonds is 21. The molecule has 0 fully saturated rings. The lowest BCUT2D eigenvalue weighted by atomic mass is 10.1. The zero-order valence-corrected chi connectivity index (χ0v) is 21.3. The number of amides is 3. The van der Waals surface area contributed by atoms with Gasteiger partial charge >= 0.3 is 5.97 Å². The lowest BCUT2D eigenvalue weighted by Crippen LogP contribution is -2.51. The molecular formula is C24H42N6O6. The normalized spacial score (nSPS) is 11.5. The first kappa shape index (κ1) is 31.0. The fourth-order valence-electron chi connectivity index (χ4n) is 3.31. The molecule has 0 spiro atoms. The number of nitrogens with two attached hydrogens (primary N) is 1. The standard InChI is InChI=1S/C24H42N6O6/c1-2-3-4-5-6-7-8-9-23(33)36-13-12-35-11-10-27-24(34)20(14-19-16-26-18-29-19)30-22(32)17-28-21(31)15-25/h16,18,20H,2-15,17,25H2,1H3,(H,26,29)(H,27,34)(H,28,31)(H,30,32)/t20-/m0/s1. The number of aromatic amines is 1. The molecule has 0 aliphatic carbocycles. The first-order chi connectivity index (χ1) is 17.5. The minimum Gasteiger partial charge on any atom is -0.463 e. The molecule has 0 aromatic carbocycles. The molecule has 0 bridgehead atoms. The number of nitrogens with zero attached hydrogens (tertiary/aromatic N) is 1. The van der Waals surface area contributed by atoms with Gasteiger partial charge in [-0.25, -0.2) is 4.98 Å². The lowest BCUT2D eigenvalue weighted by molar-refractivity contribution is -0.145. The summed E-state index contributed by atoms with van der Waals surface area (Å²) in [5, 5.41) is 7.64. The molecule has 0 saturated heterocycles. The minimum atomic E-state index is -0.875. The van der Waals surface area contributed by atoms with Crippen LogP contribution >= 0.6 is 0 Å². The lowest BCUT2D eigenvalue weighted by Gasteiger charge is -2.18. The number of carbonyl (C=O) groups is 4. The van der Waals surface area contributed by atoms with Crippen LogP contribution < -0.4 is 21.7 Å². The highest BCUT2D eigenvalue weighted by Gasteiger charge is 2.21. The topological polar surface area (TPSA) is 178 Å². The van der Waals surface area contributed by atoms with E-state index < -0.39 is 23.8 Å². The van der Waals surface area contributed by atoms with Crippen molar-refractivity contribution < 1.29 is 28.7 Å². The number of ether oxygens (including phenoxy) is 2. The third-order valence-corrected chi connectivity index (χ3v) is 5.28. The second-order valence-electron chi connectivity index (χ2n) is 8.38. The Morgan fingerprint density at radius 2 is 1.75 bits per heavy atom. The smallest absolute Gasteiger partial charge is 0.305 e. The van der Waals surface area contributed by atoms with Crippen LogP contribution in [0.2, 0.25) is 0 Å². The van der Waals surface area contributed by atoms with Crippen molar-refractivity contribution >= 4 is 23.7 Å². The SMILES string of the molecule is CCCCCCCCCC(=O)OCCOCCNC(=O)[C@H](Cc1cnc[nH]1)NC(=O)CNC(=O)CN. The Hall–Kier alpha value is -2.99. The molecule has 1 aromatic rings. The summed E-state index contributed by atoms with van der Waals surface area (Å²) in [6.45, 7) is 2.49. The van der Waals surface area contributed by atoms with Gasteiger partial charge in [-0.3, -0.25) is 19.2 Å². The maximum absolute atomic E-state index is 12.6. The summed E-state index contributed by atoms with van der Waals surface area (Å²) in [6.07, 6.45) is 11.6. The van der Waals surface area contributed by atoms with Crippen molar-refractivity contribution in [2.75, 3.05) is 39.5 Å². The van der Waals surface area contributed by atoms with Gasteiger partial charge in [-0.2, -0.15) is 0 Å². The highest BCUT2D eigenvalue weighted by atomic mass is 16.6. The van der Waals surface area contributed by atoms with Crippen molar-refractivity contribution in [3.8, 4) is 0 Å². The summed E-state index contributed by atoms with van der Waals surface area (Å²) in [6, 6.07) is -0.875. The maximum atomic E-state index is 12.6. The van der Waals surface area contributed by atoms with Crippen LogP contribution in [0.25, 0.3) is 0 Å². The van der Waals surface area contributed by atoms with Crippen molar-refractivity contribution in [2.24, 2.45) is 5.73 Å². The number of hydrogen-bond acceptors (Lipinski definition) is 8. The van der Waals surface area contributed by atoms with Gasteiger partial charge in [0.05, 0.1) is 32.6 Å². The van der Waals surface area contributed by atoms with Crippen molar-refractivity contribution in [2.45, 2.75) is 70.8 Å². The predicted molar refractivity (Wildman–Crippen MR) is 134 cm³/mol. The van der Waals surface area contributed by atoms with Gasteiger partial charge in [0, 0.05) is 31.3 Å². The van der Waals surface area contributed by atoms with Crippen LogP contribution in [0.1, 0.15) is 64.0 Å². The Labute approximate surface area is 212 Å². The van der Waals surface area contributed by atoms with E-state index in [-0.39, 0.29) is 51.8 Å². The molecule has 1 rings (SSSR count). The summed E-state index contributed by atoms with van der Waals surface area (Å²) in [7, 11) is 0. The molecule has 12 nitrogen and oxygen atoms in total. The number of esters is 1. The molecule has 0 radical (unpaired) electrons. The number of hydrogen-bond donors (Lipinski definition) is 5. The highest BCUT2D eigenvalue weighted by Crippen LogP contribution is 2.08. The van der Waals surface area contributed by atoms with Crippen LogP contribution in [0.3, 0.4) is 0 Å². The Morgan fingerprint density at radius 3 is 2.44 bits per heavy atom. The van der Waals surface area contributed by atoms with E-state index in [0.717, 1.165) is 19.3 Å². The van der Waals surface area contributed by atoms with Crippen LogP contribution in [-0.4, -0.2) is 79.2 Å². The average molecular weight is 511 g/mol. The first-order valence-corrected chi connectivity index (χ1v) is 12.7. The van der Waals surface area contributed by atoms with E-state index in [9.17, 15) is 19.2 Å². The fraction of sp³-hybridized carbons (Fsp3) is 0.708. The molecule has 0 saturated carbocycles. The Bertz CT molecular complexity index is 758. The van der Waals surface area contributed by atoms with Crippen LogP contribution in [0.5, 0.6) is 0 Å². The highest BCUT2D eigenvalue weighted by molar-refractivity contribution is 5.90. The third kappa shape index (κ3) is 15.8. The predicted octanol–water partition coefficient (Wildman–Crippen LogP) is 0.329. The zero-order chi connectivity index (χ0) is 26.4. The molecule has 12 heteroatoms. The quantitative estimate of drug-likeness (QED) is 0.116. The van der Waals surface area contributed by atoms with Gasteiger partial charge < -0.3 is 36.1 Å². The molecule has 6 N–H and O–H groups in total. The Kier molecular flexibility index (Phi) is 17.4. The average Bonchev–Trinajstić information content (AvgIpc) is 3.38. The van der Waals surface area contributed by atoms with Crippen LogP contribution in [0.4, 0.5) is 0 Å². The van der Waals surface area contributed by atoms with E-state index in [1.807, 2.05) is 0 Å².